The molecule has 1 fully saturated rings. The third-order valence-electron chi connectivity index (χ3n) is 5.58. The summed E-state index contributed by atoms with van der Waals surface area (Å²) in [6.07, 6.45) is 5.50. The average Bonchev–Trinajstić information content (AvgIpc) is 3.44. The molecule has 0 saturated carbocycles. The second-order valence-corrected chi connectivity index (χ2v) is 7.93. The molecule has 3 aromatic rings. The molecule has 0 spiro atoms. The molecular formula is C25H30N4O4. The Morgan fingerprint density at radius 1 is 1.21 bits per heavy atom. The molecule has 1 aromatic carbocycles. The molecule has 8 heteroatoms. The molecule has 1 saturated heterocycles. The largest absolute Gasteiger partial charge is 0.494 e. The topological polar surface area (TPSA) is 85.8 Å². The summed E-state index contributed by atoms with van der Waals surface area (Å²) in [5, 5.41) is 13.3. The third-order valence-corrected chi connectivity index (χ3v) is 5.58. The van der Waals surface area contributed by atoms with Crippen LogP contribution in [0.15, 0.2) is 47.2 Å². The number of hydrogen-bond acceptors (Lipinski definition) is 7. The van der Waals surface area contributed by atoms with Crippen LogP contribution in [-0.4, -0.2) is 70.3 Å². The summed E-state index contributed by atoms with van der Waals surface area (Å²) in [6, 6.07) is 10.00. The maximum Gasteiger partial charge on any atom is 0.210 e. The second kappa shape index (κ2) is 11.7. The van der Waals surface area contributed by atoms with E-state index < -0.39 is 0 Å². The van der Waals surface area contributed by atoms with Crippen molar-refractivity contribution in [2.75, 3.05) is 39.5 Å². The molecule has 33 heavy (non-hydrogen) atoms. The van der Waals surface area contributed by atoms with Gasteiger partial charge in [-0.25, -0.2) is 4.98 Å². The van der Waals surface area contributed by atoms with Crippen molar-refractivity contribution < 1.29 is 19.1 Å². The first-order valence-electron chi connectivity index (χ1n) is 11.4. The lowest BCUT2D eigenvalue weighted by Gasteiger charge is -2.36. The number of aromatic nitrogens is 3. The van der Waals surface area contributed by atoms with E-state index in [2.05, 4.69) is 38.4 Å². The van der Waals surface area contributed by atoms with Crippen LogP contribution in [0.5, 0.6) is 5.75 Å². The van der Waals surface area contributed by atoms with Gasteiger partial charge in [-0.2, -0.15) is 0 Å². The van der Waals surface area contributed by atoms with Crippen molar-refractivity contribution in [1.82, 2.24) is 19.6 Å². The highest BCUT2D eigenvalue weighted by atomic mass is 16.5. The monoisotopic (exact) mass is 450 g/mol. The van der Waals surface area contributed by atoms with Crippen LogP contribution in [0.4, 0.5) is 0 Å². The number of nitrogens with zero attached hydrogens (tertiary/aromatic N) is 4. The van der Waals surface area contributed by atoms with Crippen LogP contribution in [-0.2, 0) is 17.7 Å². The molecular weight excluding hydrogens is 420 g/mol. The summed E-state index contributed by atoms with van der Waals surface area (Å²) in [5.74, 6) is 8.50. The van der Waals surface area contributed by atoms with Gasteiger partial charge >= 0.3 is 0 Å². The number of aryl methyl sites for hydroxylation is 1. The van der Waals surface area contributed by atoms with Crippen LogP contribution in [0.3, 0.4) is 0 Å². The zero-order chi connectivity index (χ0) is 22.9. The van der Waals surface area contributed by atoms with Crippen molar-refractivity contribution in [3.05, 3.63) is 65.6 Å². The van der Waals surface area contributed by atoms with E-state index in [0.717, 1.165) is 55.4 Å². The molecule has 4 rings (SSSR count). The lowest BCUT2D eigenvalue weighted by atomic mass is 10.2. The van der Waals surface area contributed by atoms with E-state index in [1.165, 1.54) is 0 Å². The normalized spacial score (nSPS) is 13.5. The first kappa shape index (κ1) is 23.1. The van der Waals surface area contributed by atoms with Crippen molar-refractivity contribution in [1.29, 1.82) is 0 Å². The Labute approximate surface area is 194 Å². The van der Waals surface area contributed by atoms with Gasteiger partial charge < -0.3 is 23.7 Å². The summed E-state index contributed by atoms with van der Waals surface area (Å²) in [4.78, 5) is 6.59. The first-order chi connectivity index (χ1) is 16.2. The van der Waals surface area contributed by atoms with E-state index in [-0.39, 0.29) is 6.61 Å². The van der Waals surface area contributed by atoms with Crippen LogP contribution in [0.2, 0.25) is 0 Å². The summed E-state index contributed by atoms with van der Waals surface area (Å²) in [5.41, 5.74) is 1.69. The van der Waals surface area contributed by atoms with Crippen molar-refractivity contribution in [2.45, 2.75) is 32.4 Å². The Balaban J connectivity index is 1.23. The molecule has 0 bridgehead atoms. The van der Waals surface area contributed by atoms with Crippen molar-refractivity contribution >= 4 is 0 Å². The van der Waals surface area contributed by atoms with Gasteiger partial charge in [-0.1, -0.05) is 18.0 Å². The quantitative estimate of drug-likeness (QED) is 0.355. The summed E-state index contributed by atoms with van der Waals surface area (Å²) in [7, 11) is 0. The van der Waals surface area contributed by atoms with Gasteiger partial charge in [0.25, 0.3) is 0 Å². The summed E-state index contributed by atoms with van der Waals surface area (Å²) in [6.45, 7) is 6.55. The zero-order valence-corrected chi connectivity index (χ0v) is 18.9. The molecule has 0 aliphatic carbocycles. The van der Waals surface area contributed by atoms with Crippen LogP contribution in [0.25, 0.3) is 0 Å². The smallest absolute Gasteiger partial charge is 0.210 e. The van der Waals surface area contributed by atoms with Gasteiger partial charge in [-0.15, -0.1) is 0 Å². The van der Waals surface area contributed by atoms with E-state index >= 15 is 0 Å². The summed E-state index contributed by atoms with van der Waals surface area (Å²) < 4.78 is 18.5. The molecule has 0 radical (unpaired) electrons. The van der Waals surface area contributed by atoms with Gasteiger partial charge in [0.1, 0.15) is 17.3 Å². The van der Waals surface area contributed by atoms with E-state index in [1.54, 1.807) is 6.20 Å². The van der Waals surface area contributed by atoms with E-state index in [1.807, 2.05) is 36.5 Å². The summed E-state index contributed by atoms with van der Waals surface area (Å²) >= 11 is 0. The average molecular weight is 451 g/mol. The highest BCUT2D eigenvalue weighted by molar-refractivity contribution is 5.41. The molecule has 1 aliphatic rings. The van der Waals surface area contributed by atoms with Crippen LogP contribution in [0.1, 0.15) is 36.2 Å². The molecule has 0 atom stereocenters. The Hall–Kier alpha value is -3.12. The van der Waals surface area contributed by atoms with Crippen LogP contribution < -0.4 is 4.74 Å². The molecule has 1 aliphatic heterocycles. The minimum Gasteiger partial charge on any atom is -0.494 e. The highest BCUT2D eigenvalue weighted by Gasteiger charge is 2.24. The van der Waals surface area contributed by atoms with E-state index in [0.29, 0.717) is 31.5 Å². The Morgan fingerprint density at radius 3 is 2.79 bits per heavy atom. The van der Waals surface area contributed by atoms with Gasteiger partial charge in [-0.05, 0) is 36.6 Å². The second-order valence-electron chi connectivity index (χ2n) is 7.93. The van der Waals surface area contributed by atoms with Crippen molar-refractivity contribution in [2.24, 2.45) is 0 Å². The Kier molecular flexibility index (Phi) is 8.14. The molecule has 3 heterocycles. The van der Waals surface area contributed by atoms with Crippen molar-refractivity contribution in [3.63, 3.8) is 0 Å². The fourth-order valence-electron chi connectivity index (χ4n) is 3.68. The number of benzene rings is 1. The van der Waals surface area contributed by atoms with E-state index in [4.69, 9.17) is 14.0 Å². The molecule has 174 valence electrons. The van der Waals surface area contributed by atoms with Crippen molar-refractivity contribution in [3.8, 4) is 17.6 Å². The zero-order valence-electron chi connectivity index (χ0n) is 18.9. The lowest BCUT2D eigenvalue weighted by Crippen LogP contribution is -2.50. The first-order valence-corrected chi connectivity index (χ1v) is 11.4. The minimum atomic E-state index is 0.166. The fourth-order valence-corrected chi connectivity index (χ4v) is 3.68. The van der Waals surface area contributed by atoms with Crippen LogP contribution in [0, 0.1) is 11.8 Å². The SMILES string of the molecule is CCc1nccn1Cc1cc(C#Cc2ccc(OCCCN(CCO)C3COC3)cc2)on1. The maximum atomic E-state index is 9.22. The Morgan fingerprint density at radius 2 is 2.06 bits per heavy atom. The number of aliphatic hydroxyl groups excluding tert-OH is 1. The lowest BCUT2D eigenvalue weighted by molar-refractivity contribution is -0.0690. The van der Waals surface area contributed by atoms with Gasteiger partial charge in [0.15, 0.2) is 0 Å². The number of aliphatic hydroxyl groups is 1. The standard InChI is InChI=1S/C25H30N4O4/c1-2-25-26-10-12-29(25)17-21-16-24(33-27-21)9-6-20-4-7-23(8-5-20)32-15-3-11-28(13-14-30)22-18-31-19-22/h4-5,7-8,10,12,16,22,30H,2-3,11,13-15,17-19H2,1H3. The number of hydrogen-bond donors (Lipinski definition) is 1. The van der Waals surface area contributed by atoms with Crippen LogP contribution >= 0.6 is 0 Å². The minimum absolute atomic E-state index is 0.166. The maximum absolute atomic E-state index is 9.22. The number of ether oxygens (including phenoxy) is 2. The third kappa shape index (κ3) is 6.45. The van der Waals surface area contributed by atoms with Gasteiger partial charge in [-0.3, -0.25) is 4.90 Å². The number of rotatable bonds is 11. The van der Waals surface area contributed by atoms with Gasteiger partial charge in [0.2, 0.25) is 5.76 Å². The van der Waals surface area contributed by atoms with E-state index in [9.17, 15) is 5.11 Å². The van der Waals surface area contributed by atoms with Gasteiger partial charge in [0.05, 0.1) is 39.0 Å². The molecule has 0 unspecified atom stereocenters. The molecule has 8 nitrogen and oxygen atoms in total. The Bertz CT molecular complexity index is 1060. The predicted molar refractivity (Wildman–Crippen MR) is 123 cm³/mol. The highest BCUT2D eigenvalue weighted by Crippen LogP contribution is 2.14. The predicted octanol–water partition coefficient (Wildman–Crippen LogP) is 2.34. The molecule has 1 N–H and O–H groups in total. The van der Waals surface area contributed by atoms with Gasteiger partial charge in [0, 0.05) is 43.5 Å². The fraction of sp³-hybridized carbons (Fsp3) is 0.440. The number of imidazole rings is 1. The molecule has 0 amide bonds. The molecule has 2 aromatic heterocycles.